The summed E-state index contributed by atoms with van der Waals surface area (Å²) < 4.78 is 16.6. The number of aryl methyl sites for hydroxylation is 2. The Morgan fingerprint density at radius 1 is 1.22 bits per heavy atom. The topological polar surface area (TPSA) is 81.2 Å². The van der Waals surface area contributed by atoms with Crippen molar-refractivity contribution in [3.05, 3.63) is 53.1 Å². The third-order valence-electron chi connectivity index (χ3n) is 4.92. The fraction of sp³-hybridized carbons (Fsp3) is 0.375. The summed E-state index contributed by atoms with van der Waals surface area (Å²) in [5.74, 6) is 0.809. The van der Waals surface area contributed by atoms with Crippen molar-refractivity contribution in [1.29, 1.82) is 0 Å². The highest BCUT2D eigenvalue weighted by molar-refractivity contribution is 7.80. The van der Waals surface area contributed by atoms with Gasteiger partial charge in [0.05, 0.1) is 12.3 Å². The van der Waals surface area contributed by atoms with Crippen LogP contribution in [0.3, 0.4) is 0 Å². The molecule has 1 aliphatic rings. The van der Waals surface area contributed by atoms with E-state index in [0.717, 1.165) is 28.1 Å². The number of nitrogens with one attached hydrogen (secondary N) is 2. The number of para-hydroxylation sites is 1. The van der Waals surface area contributed by atoms with Crippen LogP contribution in [0.4, 0.5) is 5.69 Å². The van der Waals surface area contributed by atoms with Crippen LogP contribution in [0.5, 0.6) is 11.5 Å². The first-order valence-corrected chi connectivity index (χ1v) is 10.9. The van der Waals surface area contributed by atoms with Gasteiger partial charge >= 0.3 is 5.97 Å². The summed E-state index contributed by atoms with van der Waals surface area (Å²) in [6.07, 6.45) is 0.570. The van der Waals surface area contributed by atoms with E-state index in [2.05, 4.69) is 15.8 Å². The lowest BCUT2D eigenvalue weighted by molar-refractivity contribution is -0.145. The summed E-state index contributed by atoms with van der Waals surface area (Å²) >= 11 is 5.46. The molecule has 0 aliphatic carbocycles. The average Bonchev–Trinajstić information content (AvgIpc) is 2.73. The van der Waals surface area contributed by atoms with Crippen LogP contribution in [-0.4, -0.2) is 35.6 Å². The van der Waals surface area contributed by atoms with E-state index in [1.807, 2.05) is 58.0 Å². The summed E-state index contributed by atoms with van der Waals surface area (Å²) in [6, 6.07) is 11.5. The molecule has 0 saturated heterocycles. The highest BCUT2D eigenvalue weighted by atomic mass is 32.1. The van der Waals surface area contributed by atoms with Crippen molar-refractivity contribution in [2.24, 2.45) is 5.10 Å². The molecule has 1 heterocycles. The maximum atomic E-state index is 11.6. The molecule has 0 spiro atoms. The summed E-state index contributed by atoms with van der Waals surface area (Å²) in [5, 5.41) is 8.20. The first-order valence-electron chi connectivity index (χ1n) is 10.5. The maximum Gasteiger partial charge on any atom is 0.344 e. The molecule has 3 rings (SSSR count). The first-order chi connectivity index (χ1) is 15.2. The van der Waals surface area contributed by atoms with Crippen molar-refractivity contribution in [3.8, 4) is 11.5 Å². The van der Waals surface area contributed by atoms with E-state index >= 15 is 0 Å². The zero-order valence-corrected chi connectivity index (χ0v) is 19.9. The standard InChI is InChI=1S/C24H29N3O4S/c1-6-29-21(28)14-30-17-10-11-20-18(12-17)19(13-24(4,5)31-20)26-27-23(32)25-22-15(2)8-7-9-16(22)3/h7-12H,6,13-14H2,1-5H3,(H2,25,27,32)/b26-19-. The second-order valence-electron chi connectivity index (χ2n) is 8.18. The quantitative estimate of drug-likeness (QED) is 0.377. The molecule has 7 nitrogen and oxygen atoms in total. The van der Waals surface area contributed by atoms with E-state index in [0.29, 0.717) is 29.6 Å². The van der Waals surface area contributed by atoms with E-state index in [-0.39, 0.29) is 6.61 Å². The van der Waals surface area contributed by atoms with Crippen LogP contribution in [-0.2, 0) is 9.53 Å². The Morgan fingerprint density at radius 3 is 2.62 bits per heavy atom. The number of rotatable bonds is 6. The molecule has 0 amide bonds. The Labute approximate surface area is 194 Å². The number of thiocarbonyl (C=S) groups is 1. The first kappa shape index (κ1) is 23.5. The Morgan fingerprint density at radius 2 is 1.94 bits per heavy atom. The molecule has 2 aromatic rings. The number of nitrogens with zero attached hydrogens (tertiary/aromatic N) is 1. The molecule has 170 valence electrons. The zero-order valence-electron chi connectivity index (χ0n) is 19.1. The summed E-state index contributed by atoms with van der Waals surface area (Å²) in [6.45, 7) is 9.97. The van der Waals surface area contributed by atoms with Gasteiger partial charge in [-0.15, -0.1) is 0 Å². The minimum absolute atomic E-state index is 0.159. The molecule has 0 bridgehead atoms. The molecule has 0 saturated carbocycles. The molecule has 0 aromatic heterocycles. The number of anilines is 1. The van der Waals surface area contributed by atoms with E-state index in [1.165, 1.54) is 0 Å². The average molecular weight is 456 g/mol. The number of ether oxygens (including phenoxy) is 3. The molecule has 8 heteroatoms. The lowest BCUT2D eigenvalue weighted by Crippen LogP contribution is -2.37. The number of esters is 1. The summed E-state index contributed by atoms with van der Waals surface area (Å²) in [4.78, 5) is 11.6. The van der Waals surface area contributed by atoms with Gasteiger partial charge in [-0.05, 0) is 76.2 Å². The molecule has 0 radical (unpaired) electrons. The Balaban J connectivity index is 1.78. The van der Waals surface area contributed by atoms with Gasteiger partial charge in [0.15, 0.2) is 11.7 Å². The van der Waals surface area contributed by atoms with Gasteiger partial charge in [-0.3, -0.25) is 5.43 Å². The predicted molar refractivity (Wildman–Crippen MR) is 130 cm³/mol. The van der Waals surface area contributed by atoms with E-state index < -0.39 is 11.6 Å². The SMILES string of the molecule is CCOC(=O)COc1ccc2c(c1)/C(=N\NC(=S)Nc1c(C)cccc1C)CC(C)(C)O2. The van der Waals surface area contributed by atoms with Crippen LogP contribution >= 0.6 is 12.2 Å². The molecule has 0 fully saturated rings. The molecule has 32 heavy (non-hydrogen) atoms. The number of hydrogen-bond donors (Lipinski definition) is 2. The van der Waals surface area contributed by atoms with Gasteiger partial charge < -0.3 is 19.5 Å². The summed E-state index contributed by atoms with van der Waals surface area (Å²) in [5.41, 5.74) is 7.26. The number of fused-ring (bicyclic) bond motifs is 1. The van der Waals surface area contributed by atoms with E-state index in [9.17, 15) is 4.79 Å². The van der Waals surface area contributed by atoms with Crippen LogP contribution in [0.1, 0.15) is 43.9 Å². The Kier molecular flexibility index (Phi) is 7.35. The number of carbonyl (C=O) groups is 1. The monoisotopic (exact) mass is 455 g/mol. The number of carbonyl (C=O) groups excluding carboxylic acids is 1. The molecule has 2 N–H and O–H groups in total. The number of benzene rings is 2. The van der Waals surface area contributed by atoms with Gasteiger partial charge in [-0.2, -0.15) is 5.10 Å². The largest absolute Gasteiger partial charge is 0.487 e. The zero-order chi connectivity index (χ0) is 23.3. The maximum absolute atomic E-state index is 11.6. The lowest BCUT2D eigenvalue weighted by Gasteiger charge is -2.33. The van der Waals surface area contributed by atoms with Crippen LogP contribution in [0, 0.1) is 13.8 Å². The Hall–Kier alpha value is -3.13. The lowest BCUT2D eigenvalue weighted by atomic mass is 9.92. The molecule has 1 aliphatic heterocycles. The Bertz CT molecular complexity index is 1030. The van der Waals surface area contributed by atoms with E-state index in [1.54, 1.807) is 13.0 Å². The van der Waals surface area contributed by atoms with Gasteiger partial charge in [0.1, 0.15) is 17.1 Å². The van der Waals surface area contributed by atoms with Crippen LogP contribution in [0.25, 0.3) is 0 Å². The van der Waals surface area contributed by atoms with Crippen molar-refractivity contribution in [2.45, 2.75) is 46.6 Å². The summed E-state index contributed by atoms with van der Waals surface area (Å²) in [7, 11) is 0. The van der Waals surface area contributed by atoms with Crippen molar-refractivity contribution in [1.82, 2.24) is 5.43 Å². The van der Waals surface area contributed by atoms with Crippen molar-refractivity contribution >= 4 is 34.7 Å². The second-order valence-corrected chi connectivity index (χ2v) is 8.59. The molecular weight excluding hydrogens is 426 g/mol. The molecule has 2 aromatic carbocycles. The van der Waals surface area contributed by atoms with Gasteiger partial charge in [0.2, 0.25) is 0 Å². The smallest absolute Gasteiger partial charge is 0.344 e. The van der Waals surface area contributed by atoms with Gasteiger partial charge in [-0.25, -0.2) is 4.79 Å². The number of hydrazone groups is 1. The highest BCUT2D eigenvalue weighted by Crippen LogP contribution is 2.35. The van der Waals surface area contributed by atoms with Crippen LogP contribution in [0.2, 0.25) is 0 Å². The normalized spacial score (nSPS) is 15.3. The highest BCUT2D eigenvalue weighted by Gasteiger charge is 2.31. The second kappa shape index (κ2) is 9.99. The minimum Gasteiger partial charge on any atom is -0.487 e. The van der Waals surface area contributed by atoms with Gasteiger partial charge in [0.25, 0.3) is 0 Å². The fourth-order valence-electron chi connectivity index (χ4n) is 3.46. The van der Waals surface area contributed by atoms with Crippen molar-refractivity contribution in [3.63, 3.8) is 0 Å². The molecular formula is C24H29N3O4S. The number of hydrogen-bond acceptors (Lipinski definition) is 6. The minimum atomic E-state index is -0.428. The van der Waals surface area contributed by atoms with Crippen molar-refractivity contribution < 1.29 is 19.0 Å². The predicted octanol–water partition coefficient (Wildman–Crippen LogP) is 4.50. The third-order valence-corrected chi connectivity index (χ3v) is 5.11. The fourth-order valence-corrected chi connectivity index (χ4v) is 3.61. The third kappa shape index (κ3) is 5.97. The van der Waals surface area contributed by atoms with Crippen LogP contribution in [0.15, 0.2) is 41.5 Å². The van der Waals surface area contributed by atoms with E-state index in [4.69, 9.17) is 26.4 Å². The molecule has 0 atom stereocenters. The van der Waals surface area contributed by atoms with Gasteiger partial charge in [-0.1, -0.05) is 18.2 Å². The van der Waals surface area contributed by atoms with Crippen molar-refractivity contribution in [2.75, 3.05) is 18.5 Å². The van der Waals surface area contributed by atoms with Crippen LogP contribution < -0.4 is 20.2 Å². The van der Waals surface area contributed by atoms with Gasteiger partial charge in [0, 0.05) is 17.7 Å². The molecule has 0 unspecified atom stereocenters.